The molecule has 0 saturated carbocycles. The average Bonchev–Trinajstić information content (AvgIpc) is 2.02. The lowest BCUT2D eigenvalue weighted by Crippen LogP contribution is -2.38. The highest BCUT2D eigenvalue weighted by Crippen LogP contribution is 2.08. The van der Waals surface area contributed by atoms with Crippen LogP contribution in [0.5, 0.6) is 0 Å². The first-order valence-corrected chi connectivity index (χ1v) is 5.95. The third-order valence-corrected chi connectivity index (χ3v) is 2.56. The summed E-state index contributed by atoms with van der Waals surface area (Å²) in [7, 11) is 0. The van der Waals surface area contributed by atoms with E-state index in [1.165, 1.54) is 19.3 Å². The van der Waals surface area contributed by atoms with E-state index >= 15 is 0 Å². The van der Waals surface area contributed by atoms with Gasteiger partial charge in [-0.3, -0.25) is 0 Å². The Kier molecular flexibility index (Phi) is 7.78. The third kappa shape index (κ3) is 7.33. The number of hydrogen-bond acceptors (Lipinski definition) is 1. The Labute approximate surface area is 88.2 Å². The third-order valence-electron chi connectivity index (χ3n) is 2.18. The first-order chi connectivity index (χ1) is 6.10. The average molecular weight is 206 g/mol. The highest BCUT2D eigenvalue weighted by atomic mass is 35.5. The maximum atomic E-state index is 5.89. The summed E-state index contributed by atoms with van der Waals surface area (Å²) in [4.78, 5) is 0. The zero-order valence-corrected chi connectivity index (χ0v) is 10.2. The Morgan fingerprint density at radius 2 is 1.85 bits per heavy atom. The Bertz CT molecular complexity index is 115. The topological polar surface area (TPSA) is 12.0 Å². The SMILES string of the molecule is CCCC(C)NC(CCl)CC(C)C. The summed E-state index contributed by atoms with van der Waals surface area (Å²) in [5.74, 6) is 1.46. The summed E-state index contributed by atoms with van der Waals surface area (Å²) in [6, 6.07) is 1.09. The molecule has 0 amide bonds. The van der Waals surface area contributed by atoms with Crippen LogP contribution in [0.2, 0.25) is 0 Å². The van der Waals surface area contributed by atoms with Crippen molar-refractivity contribution in [1.29, 1.82) is 0 Å². The van der Waals surface area contributed by atoms with Gasteiger partial charge in [0, 0.05) is 18.0 Å². The van der Waals surface area contributed by atoms with Crippen LogP contribution in [0.1, 0.15) is 47.0 Å². The van der Waals surface area contributed by atoms with Gasteiger partial charge in [0.15, 0.2) is 0 Å². The molecule has 80 valence electrons. The lowest BCUT2D eigenvalue weighted by atomic mass is 10.0. The summed E-state index contributed by atoms with van der Waals surface area (Å²) in [5.41, 5.74) is 0. The molecule has 0 aromatic heterocycles. The lowest BCUT2D eigenvalue weighted by Gasteiger charge is -2.22. The number of alkyl halides is 1. The van der Waals surface area contributed by atoms with Crippen molar-refractivity contribution >= 4 is 11.6 Å². The molecule has 0 aliphatic rings. The number of nitrogens with one attached hydrogen (secondary N) is 1. The number of hydrogen-bond donors (Lipinski definition) is 1. The molecule has 0 saturated heterocycles. The molecule has 1 nitrogen and oxygen atoms in total. The molecule has 0 aromatic carbocycles. The van der Waals surface area contributed by atoms with Crippen molar-refractivity contribution in [2.24, 2.45) is 5.92 Å². The van der Waals surface area contributed by atoms with Gasteiger partial charge in [-0.1, -0.05) is 27.2 Å². The molecule has 0 rings (SSSR count). The monoisotopic (exact) mass is 205 g/mol. The molecular weight excluding hydrogens is 182 g/mol. The van der Waals surface area contributed by atoms with Gasteiger partial charge in [0.1, 0.15) is 0 Å². The summed E-state index contributed by atoms with van der Waals surface area (Å²) in [6.07, 6.45) is 3.66. The Morgan fingerprint density at radius 1 is 1.23 bits per heavy atom. The van der Waals surface area contributed by atoms with Crippen LogP contribution in [0.25, 0.3) is 0 Å². The van der Waals surface area contributed by atoms with E-state index in [0.29, 0.717) is 12.1 Å². The van der Waals surface area contributed by atoms with Crippen molar-refractivity contribution in [1.82, 2.24) is 5.32 Å². The summed E-state index contributed by atoms with van der Waals surface area (Å²) in [5, 5.41) is 3.57. The van der Waals surface area contributed by atoms with Crippen LogP contribution >= 0.6 is 11.6 Å². The van der Waals surface area contributed by atoms with Crippen molar-refractivity contribution in [2.45, 2.75) is 59.0 Å². The number of rotatable bonds is 7. The fourth-order valence-corrected chi connectivity index (χ4v) is 1.88. The van der Waals surface area contributed by atoms with Gasteiger partial charge in [-0.25, -0.2) is 0 Å². The van der Waals surface area contributed by atoms with Gasteiger partial charge in [-0.05, 0) is 25.7 Å². The minimum atomic E-state index is 0.489. The molecule has 2 unspecified atom stereocenters. The van der Waals surface area contributed by atoms with Crippen LogP contribution < -0.4 is 5.32 Å². The van der Waals surface area contributed by atoms with E-state index < -0.39 is 0 Å². The Morgan fingerprint density at radius 3 is 2.23 bits per heavy atom. The molecule has 0 fully saturated rings. The van der Waals surface area contributed by atoms with Crippen molar-refractivity contribution in [2.75, 3.05) is 5.88 Å². The van der Waals surface area contributed by atoms with Crippen molar-refractivity contribution in [3.63, 3.8) is 0 Å². The van der Waals surface area contributed by atoms with Gasteiger partial charge in [-0.15, -0.1) is 11.6 Å². The standard InChI is InChI=1S/C11H24ClN/c1-5-6-10(4)13-11(8-12)7-9(2)3/h9-11,13H,5-8H2,1-4H3. The fraction of sp³-hybridized carbons (Fsp3) is 1.00. The highest BCUT2D eigenvalue weighted by molar-refractivity contribution is 6.18. The van der Waals surface area contributed by atoms with Gasteiger partial charge in [-0.2, -0.15) is 0 Å². The molecule has 0 aromatic rings. The van der Waals surface area contributed by atoms with E-state index in [0.717, 1.165) is 11.8 Å². The van der Waals surface area contributed by atoms with Crippen LogP contribution in [0.15, 0.2) is 0 Å². The van der Waals surface area contributed by atoms with Crippen molar-refractivity contribution < 1.29 is 0 Å². The predicted octanol–water partition coefficient (Wildman–Crippen LogP) is 3.42. The second-order valence-electron chi connectivity index (χ2n) is 4.34. The maximum absolute atomic E-state index is 5.89. The van der Waals surface area contributed by atoms with Gasteiger partial charge in [0.05, 0.1) is 0 Å². The van der Waals surface area contributed by atoms with Crippen molar-refractivity contribution in [3.8, 4) is 0 Å². The summed E-state index contributed by atoms with van der Waals surface area (Å²) < 4.78 is 0. The molecule has 0 heterocycles. The molecule has 0 aliphatic heterocycles. The molecule has 2 atom stereocenters. The minimum Gasteiger partial charge on any atom is -0.310 e. The van der Waals surface area contributed by atoms with E-state index in [1.807, 2.05) is 0 Å². The minimum absolute atomic E-state index is 0.489. The Hall–Kier alpha value is 0.250. The molecule has 0 bridgehead atoms. The van der Waals surface area contributed by atoms with Gasteiger partial charge < -0.3 is 5.32 Å². The summed E-state index contributed by atoms with van der Waals surface area (Å²) in [6.45, 7) is 8.94. The fourth-order valence-electron chi connectivity index (χ4n) is 1.66. The molecule has 13 heavy (non-hydrogen) atoms. The predicted molar refractivity (Wildman–Crippen MR) is 61.5 cm³/mol. The highest BCUT2D eigenvalue weighted by Gasteiger charge is 2.11. The molecule has 0 aliphatic carbocycles. The molecule has 1 N–H and O–H groups in total. The van der Waals surface area contributed by atoms with E-state index in [1.54, 1.807) is 0 Å². The van der Waals surface area contributed by atoms with Crippen molar-refractivity contribution in [3.05, 3.63) is 0 Å². The molecular formula is C11H24ClN. The van der Waals surface area contributed by atoms with E-state index in [-0.39, 0.29) is 0 Å². The quantitative estimate of drug-likeness (QED) is 0.629. The zero-order valence-electron chi connectivity index (χ0n) is 9.44. The maximum Gasteiger partial charge on any atom is 0.0377 e. The van der Waals surface area contributed by atoms with Crippen LogP contribution in [0.3, 0.4) is 0 Å². The van der Waals surface area contributed by atoms with Gasteiger partial charge in [0.2, 0.25) is 0 Å². The Balaban J connectivity index is 3.69. The van der Waals surface area contributed by atoms with E-state index in [4.69, 9.17) is 11.6 Å². The molecule has 0 radical (unpaired) electrons. The lowest BCUT2D eigenvalue weighted by molar-refractivity contribution is 0.391. The smallest absolute Gasteiger partial charge is 0.0377 e. The van der Waals surface area contributed by atoms with E-state index in [2.05, 4.69) is 33.0 Å². The van der Waals surface area contributed by atoms with Crippen LogP contribution in [-0.4, -0.2) is 18.0 Å². The van der Waals surface area contributed by atoms with E-state index in [9.17, 15) is 0 Å². The van der Waals surface area contributed by atoms with Crippen LogP contribution in [0, 0.1) is 5.92 Å². The first-order valence-electron chi connectivity index (χ1n) is 5.42. The zero-order chi connectivity index (χ0) is 10.3. The molecule has 0 spiro atoms. The van der Waals surface area contributed by atoms with Gasteiger partial charge in [0.25, 0.3) is 0 Å². The largest absolute Gasteiger partial charge is 0.310 e. The molecule has 2 heteroatoms. The van der Waals surface area contributed by atoms with Crippen LogP contribution in [0.4, 0.5) is 0 Å². The number of halogens is 1. The summed E-state index contributed by atoms with van der Waals surface area (Å²) >= 11 is 5.89. The first kappa shape index (κ1) is 13.2. The van der Waals surface area contributed by atoms with Gasteiger partial charge >= 0.3 is 0 Å². The second kappa shape index (κ2) is 7.64. The normalized spacial score (nSPS) is 16.2. The van der Waals surface area contributed by atoms with Crippen LogP contribution in [-0.2, 0) is 0 Å². The second-order valence-corrected chi connectivity index (χ2v) is 4.65.